The standard InChI is InChI=1S/C67H66BN3O/c1-12-20-49(21-13-2)69(50-23-15-14-16-24-50)53-34-35-56-59(43-53)71(52-25-19-22-44(38-52)45-28-37-63-55(39-45)54-26-17-18-27-62(54)72-63)61-42-48(67(9,10)11)41-60-64(61)68(56)57-40-47(66(6,7)8)31-36-58(57)70(60)51-32-29-46(30-33-51)65(3,4)5/h12,14-43H,13H2,1-11H3/b20-12-,49-21+. The monoisotopic (exact) mass is 940 g/mol. The van der Waals surface area contributed by atoms with E-state index in [4.69, 9.17) is 4.42 Å². The van der Waals surface area contributed by atoms with Gasteiger partial charge < -0.3 is 19.1 Å². The van der Waals surface area contributed by atoms with E-state index in [0.29, 0.717) is 0 Å². The molecule has 5 heteroatoms. The highest BCUT2D eigenvalue weighted by Crippen LogP contribution is 2.48. The molecule has 3 heterocycles. The minimum absolute atomic E-state index is 0.0298. The molecule has 0 N–H and O–H groups in total. The molecular formula is C67H66BN3O. The largest absolute Gasteiger partial charge is 0.456 e. The fourth-order valence-corrected chi connectivity index (χ4v) is 11.1. The van der Waals surface area contributed by atoms with E-state index in [1.54, 1.807) is 0 Å². The van der Waals surface area contributed by atoms with Gasteiger partial charge in [0, 0.05) is 62.0 Å². The Balaban J connectivity index is 1.22. The van der Waals surface area contributed by atoms with Crippen LogP contribution in [0.2, 0.25) is 0 Å². The van der Waals surface area contributed by atoms with E-state index in [0.717, 1.165) is 67.9 Å². The maximum Gasteiger partial charge on any atom is 0.252 e. The van der Waals surface area contributed by atoms with Crippen molar-refractivity contribution in [3.63, 3.8) is 0 Å². The van der Waals surface area contributed by atoms with E-state index in [2.05, 4.69) is 273 Å². The molecule has 0 aliphatic carbocycles. The van der Waals surface area contributed by atoms with Crippen molar-refractivity contribution in [2.45, 2.75) is 98.8 Å². The summed E-state index contributed by atoms with van der Waals surface area (Å²) < 4.78 is 6.31. The Morgan fingerprint density at radius 1 is 0.500 bits per heavy atom. The number of furan rings is 1. The highest BCUT2D eigenvalue weighted by molar-refractivity contribution is 7.00. The third-order valence-electron chi connectivity index (χ3n) is 14.9. The third-order valence-corrected chi connectivity index (χ3v) is 14.9. The summed E-state index contributed by atoms with van der Waals surface area (Å²) in [5, 5.41) is 2.25. The Bertz CT molecular complexity index is 3600. The number of nitrogens with zero attached hydrogens (tertiary/aromatic N) is 3. The summed E-state index contributed by atoms with van der Waals surface area (Å²) in [6.45, 7) is 25.2. The van der Waals surface area contributed by atoms with Crippen molar-refractivity contribution in [3.05, 3.63) is 210 Å². The first-order valence-electron chi connectivity index (χ1n) is 25.9. The zero-order valence-corrected chi connectivity index (χ0v) is 43.9. The van der Waals surface area contributed by atoms with E-state index in [1.165, 1.54) is 55.8 Å². The van der Waals surface area contributed by atoms with Crippen molar-refractivity contribution < 1.29 is 4.42 Å². The van der Waals surface area contributed by atoms with Crippen LogP contribution in [-0.4, -0.2) is 6.71 Å². The van der Waals surface area contributed by atoms with E-state index in [9.17, 15) is 0 Å². The number of hydrogen-bond acceptors (Lipinski definition) is 4. The van der Waals surface area contributed by atoms with Crippen LogP contribution < -0.4 is 31.1 Å². The van der Waals surface area contributed by atoms with Crippen molar-refractivity contribution in [2.75, 3.05) is 14.7 Å². The molecular weight excluding hydrogens is 874 g/mol. The van der Waals surface area contributed by atoms with Gasteiger partial charge in [-0.15, -0.1) is 0 Å². The molecule has 2 aliphatic rings. The Kier molecular flexibility index (Phi) is 11.5. The van der Waals surface area contributed by atoms with E-state index >= 15 is 0 Å². The summed E-state index contributed by atoms with van der Waals surface area (Å²) in [4.78, 5) is 7.57. The van der Waals surface area contributed by atoms with Gasteiger partial charge >= 0.3 is 0 Å². The van der Waals surface area contributed by atoms with Crippen LogP contribution in [0.25, 0.3) is 33.1 Å². The second-order valence-electron chi connectivity index (χ2n) is 22.9. The molecule has 358 valence electrons. The predicted molar refractivity (Wildman–Crippen MR) is 311 cm³/mol. The Morgan fingerprint density at radius 2 is 1.15 bits per heavy atom. The number of rotatable bonds is 8. The molecule has 1 aromatic heterocycles. The maximum atomic E-state index is 6.31. The van der Waals surface area contributed by atoms with Crippen molar-refractivity contribution in [1.29, 1.82) is 0 Å². The van der Waals surface area contributed by atoms with Gasteiger partial charge in [0.05, 0.1) is 0 Å². The molecule has 11 rings (SSSR count). The van der Waals surface area contributed by atoms with Gasteiger partial charge in [-0.2, -0.15) is 0 Å². The Hall–Kier alpha value is -7.50. The van der Waals surface area contributed by atoms with Gasteiger partial charge in [0.2, 0.25) is 0 Å². The molecule has 9 aromatic rings. The van der Waals surface area contributed by atoms with Crippen LogP contribution in [0.1, 0.15) is 99.3 Å². The molecule has 0 bridgehead atoms. The molecule has 0 amide bonds. The molecule has 72 heavy (non-hydrogen) atoms. The van der Waals surface area contributed by atoms with Crippen LogP contribution in [-0.2, 0) is 16.2 Å². The van der Waals surface area contributed by atoms with Gasteiger partial charge in [0.25, 0.3) is 6.71 Å². The summed E-state index contributed by atoms with van der Waals surface area (Å²) in [6.07, 6.45) is 7.63. The maximum absolute atomic E-state index is 6.31. The van der Waals surface area contributed by atoms with Crippen LogP contribution in [0.15, 0.2) is 198 Å². The van der Waals surface area contributed by atoms with Crippen molar-refractivity contribution in [1.82, 2.24) is 0 Å². The first kappa shape index (κ1) is 46.9. The quantitative estimate of drug-likeness (QED) is 0.112. The average molecular weight is 940 g/mol. The van der Waals surface area contributed by atoms with Crippen LogP contribution in [0.3, 0.4) is 0 Å². The van der Waals surface area contributed by atoms with Gasteiger partial charge in [0.15, 0.2) is 0 Å². The second-order valence-corrected chi connectivity index (χ2v) is 22.9. The van der Waals surface area contributed by atoms with Crippen molar-refractivity contribution in [3.8, 4) is 11.1 Å². The van der Waals surface area contributed by atoms with Gasteiger partial charge in [0.1, 0.15) is 11.2 Å². The number of fused-ring (bicyclic) bond motifs is 7. The van der Waals surface area contributed by atoms with E-state index in [-0.39, 0.29) is 23.0 Å². The van der Waals surface area contributed by atoms with Crippen molar-refractivity contribution in [2.24, 2.45) is 0 Å². The first-order chi connectivity index (χ1) is 34.5. The van der Waals surface area contributed by atoms with Crippen LogP contribution in [0, 0.1) is 0 Å². The molecule has 4 nitrogen and oxygen atoms in total. The summed E-state index contributed by atoms with van der Waals surface area (Å²) in [5.74, 6) is 0. The number of hydrogen-bond donors (Lipinski definition) is 0. The van der Waals surface area contributed by atoms with E-state index in [1.807, 2.05) is 6.07 Å². The van der Waals surface area contributed by atoms with Crippen molar-refractivity contribution >= 4 is 90.5 Å². The van der Waals surface area contributed by atoms with E-state index < -0.39 is 0 Å². The van der Waals surface area contributed by atoms with Crippen LogP contribution in [0.5, 0.6) is 0 Å². The molecule has 0 fully saturated rings. The highest BCUT2D eigenvalue weighted by Gasteiger charge is 2.45. The average Bonchev–Trinajstić information content (AvgIpc) is 3.74. The van der Waals surface area contributed by atoms with Crippen LogP contribution >= 0.6 is 0 Å². The van der Waals surface area contributed by atoms with Crippen LogP contribution in [0.4, 0.5) is 45.5 Å². The number of anilines is 8. The fraction of sp³-hybridized carbons (Fsp3) is 0.224. The SMILES string of the molecule is C/C=C\C(=C/CC)N(c1ccccc1)c1ccc2c(c1)N(c1cccc(-c3ccc4oc5ccccc5c4c3)c1)c1cc(C(C)(C)C)cc3c1B2c1cc(C(C)(C)C)ccc1N3c1ccc(C(C)(C)C)cc1. The normalized spacial score (nSPS) is 13.8. The number of benzene rings is 8. The third kappa shape index (κ3) is 8.13. The molecule has 0 saturated carbocycles. The number of para-hydroxylation sites is 2. The Morgan fingerprint density at radius 3 is 1.85 bits per heavy atom. The summed E-state index contributed by atoms with van der Waals surface area (Å²) in [7, 11) is 0. The minimum Gasteiger partial charge on any atom is -0.456 e. The van der Waals surface area contributed by atoms with Gasteiger partial charge in [-0.05, 0) is 165 Å². The lowest BCUT2D eigenvalue weighted by Crippen LogP contribution is -2.61. The lowest BCUT2D eigenvalue weighted by atomic mass is 9.33. The lowest BCUT2D eigenvalue weighted by molar-refractivity contribution is 0.589. The Labute approximate surface area is 428 Å². The zero-order valence-electron chi connectivity index (χ0n) is 43.9. The molecule has 2 aliphatic heterocycles. The molecule has 8 aromatic carbocycles. The molecule has 0 atom stereocenters. The highest BCUT2D eigenvalue weighted by atomic mass is 16.3. The lowest BCUT2D eigenvalue weighted by Gasteiger charge is -2.45. The molecule has 0 saturated heterocycles. The predicted octanol–water partition coefficient (Wildman–Crippen LogP) is 17.2. The molecule has 0 radical (unpaired) electrons. The zero-order chi connectivity index (χ0) is 50.3. The topological polar surface area (TPSA) is 22.9 Å². The summed E-state index contributed by atoms with van der Waals surface area (Å²) in [5.41, 5.74) is 22.2. The molecule has 0 spiro atoms. The smallest absolute Gasteiger partial charge is 0.252 e. The number of allylic oxidation sites excluding steroid dienone is 3. The summed E-state index contributed by atoms with van der Waals surface area (Å²) >= 11 is 0. The van der Waals surface area contributed by atoms with Gasteiger partial charge in [-0.1, -0.05) is 166 Å². The fourth-order valence-electron chi connectivity index (χ4n) is 11.1. The second kappa shape index (κ2) is 17.7. The minimum atomic E-state index is -0.159. The van der Waals surface area contributed by atoms with Gasteiger partial charge in [-0.3, -0.25) is 0 Å². The summed E-state index contributed by atoms with van der Waals surface area (Å²) in [6, 6.07) is 63.9. The molecule has 0 unspecified atom stereocenters. The van der Waals surface area contributed by atoms with Gasteiger partial charge in [-0.25, -0.2) is 0 Å². The first-order valence-corrected chi connectivity index (χ1v) is 25.9.